The molecule has 0 fully saturated rings. The van der Waals surface area contributed by atoms with E-state index in [2.05, 4.69) is 9.97 Å². The molecule has 0 aliphatic heterocycles. The van der Waals surface area contributed by atoms with Crippen LogP contribution in [0.4, 0.5) is 8.78 Å². The van der Waals surface area contributed by atoms with E-state index >= 15 is 0 Å². The molecule has 86 valence electrons. The molecule has 1 heterocycles. The van der Waals surface area contributed by atoms with Gasteiger partial charge in [-0.25, -0.2) is 18.4 Å². The molecule has 0 spiro atoms. The smallest absolute Gasteiger partial charge is 0.432 e. The van der Waals surface area contributed by atoms with Crippen molar-refractivity contribution in [3.63, 3.8) is 0 Å². The van der Waals surface area contributed by atoms with Gasteiger partial charge in [0.05, 0.1) is 0 Å². The van der Waals surface area contributed by atoms with E-state index in [1.54, 1.807) is 12.1 Å². The first-order chi connectivity index (χ1) is 7.32. The highest BCUT2D eigenvalue weighted by molar-refractivity contribution is 7.86. The molecule has 0 bridgehead atoms. The SMILES string of the molecule is O=S(=O)([O-])C(F)(F)c1[nH]c2ccccc2[nH+]1. The first-order valence-corrected chi connectivity index (χ1v) is 5.57. The molecule has 0 saturated carbocycles. The Labute approximate surface area is 88.9 Å². The van der Waals surface area contributed by atoms with Crippen molar-refractivity contribution in [2.75, 3.05) is 0 Å². The Morgan fingerprint density at radius 3 is 2.50 bits per heavy atom. The summed E-state index contributed by atoms with van der Waals surface area (Å²) in [4.78, 5) is 4.32. The maximum atomic E-state index is 13.1. The molecule has 0 radical (unpaired) electrons. The topological polar surface area (TPSA) is 87.1 Å². The highest BCUT2D eigenvalue weighted by Gasteiger charge is 2.48. The van der Waals surface area contributed by atoms with E-state index < -0.39 is 21.2 Å². The molecule has 2 N–H and O–H groups in total. The highest BCUT2D eigenvalue weighted by Crippen LogP contribution is 2.30. The average Bonchev–Trinajstić information content (AvgIpc) is 2.59. The van der Waals surface area contributed by atoms with E-state index in [1.165, 1.54) is 12.1 Å². The minimum atomic E-state index is -5.75. The number of imidazole rings is 1. The fraction of sp³-hybridized carbons (Fsp3) is 0.125. The van der Waals surface area contributed by atoms with E-state index in [-0.39, 0.29) is 0 Å². The molecule has 0 atom stereocenters. The number of nitrogens with one attached hydrogen (secondary N) is 2. The number of H-pyrrole nitrogens is 2. The summed E-state index contributed by atoms with van der Waals surface area (Å²) in [5, 5.41) is -4.49. The summed E-state index contributed by atoms with van der Waals surface area (Å²) in [5.41, 5.74) is 0.585. The number of fused-ring (bicyclic) bond motifs is 1. The molecule has 2 aromatic rings. The molecule has 0 amide bonds. The summed E-state index contributed by atoms with van der Waals surface area (Å²) in [5.74, 6) is -1.04. The van der Waals surface area contributed by atoms with Crippen LogP contribution in [0.25, 0.3) is 11.0 Å². The van der Waals surface area contributed by atoms with E-state index in [0.717, 1.165) is 0 Å². The van der Waals surface area contributed by atoms with Crippen LogP contribution in [0.5, 0.6) is 0 Å². The van der Waals surface area contributed by atoms with Crippen LogP contribution >= 0.6 is 0 Å². The maximum Gasteiger partial charge on any atom is 0.432 e. The monoisotopic (exact) mass is 248 g/mol. The van der Waals surface area contributed by atoms with Gasteiger partial charge in [-0.05, 0) is 12.1 Å². The van der Waals surface area contributed by atoms with Crippen LogP contribution in [0.15, 0.2) is 24.3 Å². The van der Waals surface area contributed by atoms with Gasteiger partial charge >= 0.3 is 11.1 Å². The van der Waals surface area contributed by atoms with E-state index in [1.807, 2.05) is 0 Å². The number of alkyl halides is 2. The highest BCUT2D eigenvalue weighted by atomic mass is 32.2. The van der Waals surface area contributed by atoms with Crippen molar-refractivity contribution in [2.24, 2.45) is 0 Å². The van der Waals surface area contributed by atoms with Gasteiger partial charge < -0.3 is 4.55 Å². The number of benzene rings is 1. The lowest BCUT2D eigenvalue weighted by Gasteiger charge is -2.13. The zero-order valence-electron chi connectivity index (χ0n) is 7.70. The summed E-state index contributed by atoms with van der Waals surface area (Å²) in [6.45, 7) is 0. The molecular weight excluding hydrogens is 242 g/mol. The molecular formula is C8H6F2N2O3S. The van der Waals surface area contributed by atoms with E-state index in [4.69, 9.17) is 0 Å². The van der Waals surface area contributed by atoms with E-state index in [0.29, 0.717) is 11.0 Å². The average molecular weight is 248 g/mol. The Balaban J connectivity index is 2.65. The fourth-order valence-corrected chi connectivity index (χ4v) is 1.62. The van der Waals surface area contributed by atoms with Gasteiger partial charge in [0.1, 0.15) is 0 Å². The number of hydrogen-bond donors (Lipinski definition) is 1. The van der Waals surface area contributed by atoms with Crippen LogP contribution < -0.4 is 4.98 Å². The lowest BCUT2D eigenvalue weighted by molar-refractivity contribution is -0.376. The first kappa shape index (κ1) is 11.0. The molecule has 0 saturated heterocycles. The summed E-state index contributed by atoms with van der Waals surface area (Å²) in [6, 6.07) is 6.12. The Bertz CT molecular complexity index is 603. The normalized spacial score (nSPS) is 13.2. The van der Waals surface area contributed by atoms with Gasteiger partial charge in [-0.3, -0.25) is 0 Å². The van der Waals surface area contributed by atoms with Crippen molar-refractivity contribution in [1.29, 1.82) is 0 Å². The summed E-state index contributed by atoms with van der Waals surface area (Å²) >= 11 is 0. The zero-order chi connectivity index (χ0) is 12.0. The zero-order valence-corrected chi connectivity index (χ0v) is 8.51. The number of aromatic nitrogens is 2. The first-order valence-electron chi connectivity index (χ1n) is 4.16. The third kappa shape index (κ3) is 1.55. The Morgan fingerprint density at radius 1 is 1.31 bits per heavy atom. The van der Waals surface area contributed by atoms with Crippen LogP contribution in [-0.4, -0.2) is 18.0 Å². The van der Waals surface area contributed by atoms with Gasteiger partial charge in [0.2, 0.25) is 0 Å². The van der Waals surface area contributed by atoms with Gasteiger partial charge in [-0.2, -0.15) is 8.78 Å². The Kier molecular flexibility index (Phi) is 2.21. The van der Waals surface area contributed by atoms with Crippen molar-refractivity contribution in [3.05, 3.63) is 30.1 Å². The lowest BCUT2D eigenvalue weighted by atomic mass is 10.3. The van der Waals surface area contributed by atoms with Crippen molar-refractivity contribution < 1.29 is 26.7 Å². The summed E-state index contributed by atoms with van der Waals surface area (Å²) in [7, 11) is -5.75. The number of aromatic amines is 2. The van der Waals surface area contributed by atoms with E-state index in [9.17, 15) is 21.8 Å². The van der Waals surface area contributed by atoms with Crippen molar-refractivity contribution >= 4 is 21.2 Å². The largest absolute Gasteiger partial charge is 0.743 e. The van der Waals surface area contributed by atoms with Gasteiger partial charge in [0.25, 0.3) is 0 Å². The molecule has 0 aliphatic carbocycles. The van der Waals surface area contributed by atoms with Crippen molar-refractivity contribution in [1.82, 2.24) is 4.98 Å². The molecule has 1 aromatic heterocycles. The minimum absolute atomic E-state index is 0.292. The van der Waals surface area contributed by atoms with Crippen LogP contribution in [-0.2, 0) is 15.4 Å². The van der Waals surface area contributed by atoms with Gasteiger partial charge in [-0.1, -0.05) is 12.1 Å². The third-order valence-electron chi connectivity index (χ3n) is 2.05. The number of rotatable bonds is 2. The molecule has 5 nitrogen and oxygen atoms in total. The Morgan fingerprint density at radius 2 is 1.94 bits per heavy atom. The minimum Gasteiger partial charge on any atom is -0.743 e. The van der Waals surface area contributed by atoms with Crippen molar-refractivity contribution in [3.8, 4) is 0 Å². The Hall–Kier alpha value is -1.54. The molecule has 2 rings (SSSR count). The number of para-hydroxylation sites is 2. The molecule has 0 unspecified atom stereocenters. The fourth-order valence-electron chi connectivity index (χ4n) is 1.27. The second kappa shape index (κ2) is 3.22. The predicted molar refractivity (Wildman–Crippen MR) is 48.4 cm³/mol. The predicted octanol–water partition coefficient (Wildman–Crippen LogP) is 0.577. The van der Waals surface area contributed by atoms with Gasteiger partial charge in [0, 0.05) is 0 Å². The maximum absolute atomic E-state index is 13.1. The van der Waals surface area contributed by atoms with Crippen molar-refractivity contribution in [2.45, 2.75) is 5.25 Å². The van der Waals surface area contributed by atoms with Gasteiger partial charge in [0.15, 0.2) is 21.2 Å². The van der Waals surface area contributed by atoms with Crippen LogP contribution in [0.3, 0.4) is 0 Å². The molecule has 1 aromatic carbocycles. The van der Waals surface area contributed by atoms with Crippen LogP contribution in [0, 0.1) is 0 Å². The third-order valence-corrected chi connectivity index (χ3v) is 2.88. The summed E-state index contributed by atoms with van der Waals surface area (Å²) in [6.07, 6.45) is 0. The second-order valence-electron chi connectivity index (χ2n) is 3.14. The quantitative estimate of drug-likeness (QED) is 0.788. The number of halogens is 2. The standard InChI is InChI=1S/C8H6F2N2O3S/c9-8(10,16(13,14)15)7-11-5-3-1-2-4-6(5)12-7/h1-4H,(H,11,12)(H,13,14,15). The molecule has 8 heteroatoms. The van der Waals surface area contributed by atoms with Crippen LogP contribution in [0.2, 0.25) is 0 Å². The second-order valence-corrected chi connectivity index (χ2v) is 4.56. The van der Waals surface area contributed by atoms with Crippen LogP contribution in [0.1, 0.15) is 5.82 Å². The number of hydrogen-bond acceptors (Lipinski definition) is 3. The molecule has 0 aliphatic rings. The lowest BCUT2D eigenvalue weighted by Crippen LogP contribution is -2.32. The molecule has 16 heavy (non-hydrogen) atoms. The van der Waals surface area contributed by atoms with Gasteiger partial charge in [-0.15, -0.1) is 0 Å². The summed E-state index contributed by atoms with van der Waals surface area (Å²) < 4.78 is 57.4.